The second-order valence-corrected chi connectivity index (χ2v) is 8.00. The number of aryl methyl sites for hydroxylation is 2. The first-order valence-electron chi connectivity index (χ1n) is 10.0. The van der Waals surface area contributed by atoms with Crippen LogP contribution in [0.5, 0.6) is 11.5 Å². The molecule has 0 aromatic heterocycles. The van der Waals surface area contributed by atoms with Crippen molar-refractivity contribution in [2.75, 3.05) is 0 Å². The van der Waals surface area contributed by atoms with Crippen molar-refractivity contribution in [1.29, 1.82) is 0 Å². The topological polar surface area (TPSA) is 83.3 Å². The lowest BCUT2D eigenvalue weighted by atomic mass is 9.91. The fourth-order valence-corrected chi connectivity index (χ4v) is 3.60. The Morgan fingerprint density at radius 1 is 1.00 bits per heavy atom. The molecule has 1 radical (unpaired) electrons. The first-order chi connectivity index (χ1) is 14.7. The standard InChI is InChI=1S/C26H24NO4/c1-16(2)24-14-20(15-25-17(3)11-23(28)12-18(25)4)13-21(26(24)29)8-5-19-6-9-22(10-7-19)27(30)31/h6-7,9-14,16,29H,15H2,1-4H3. The van der Waals surface area contributed by atoms with Crippen LogP contribution < -0.4 is 0 Å². The van der Waals surface area contributed by atoms with E-state index in [1.165, 1.54) is 12.1 Å². The Hall–Kier alpha value is -3.78. The van der Waals surface area contributed by atoms with Crippen LogP contribution in [0.3, 0.4) is 0 Å². The summed E-state index contributed by atoms with van der Waals surface area (Å²) in [6, 6.07) is 13.1. The number of hydrogen-bond acceptors (Lipinski definition) is 3. The van der Waals surface area contributed by atoms with Gasteiger partial charge in [0.2, 0.25) is 0 Å². The molecule has 0 bridgehead atoms. The van der Waals surface area contributed by atoms with Gasteiger partial charge < -0.3 is 5.11 Å². The van der Waals surface area contributed by atoms with Crippen molar-refractivity contribution in [2.24, 2.45) is 0 Å². The monoisotopic (exact) mass is 414 g/mol. The predicted octanol–water partition coefficient (Wildman–Crippen LogP) is 6.18. The highest BCUT2D eigenvalue weighted by molar-refractivity contribution is 5.56. The minimum absolute atomic E-state index is 0.00183. The Kier molecular flexibility index (Phi) is 6.31. The molecule has 31 heavy (non-hydrogen) atoms. The summed E-state index contributed by atoms with van der Waals surface area (Å²) in [4.78, 5) is 10.4. The van der Waals surface area contributed by atoms with Crippen molar-refractivity contribution in [3.8, 4) is 23.3 Å². The molecule has 0 saturated carbocycles. The molecule has 157 valence electrons. The third-order valence-electron chi connectivity index (χ3n) is 5.29. The number of nitro groups is 1. The normalized spacial score (nSPS) is 10.6. The molecule has 0 unspecified atom stereocenters. The van der Waals surface area contributed by atoms with Crippen LogP contribution >= 0.6 is 0 Å². The minimum Gasteiger partial charge on any atom is -0.506 e. The quantitative estimate of drug-likeness (QED) is 0.314. The fraction of sp³-hybridized carbons (Fsp3) is 0.231. The average molecular weight is 414 g/mol. The molecule has 0 spiro atoms. The minimum atomic E-state index is -0.454. The van der Waals surface area contributed by atoms with Crippen LogP contribution in [0.25, 0.3) is 0 Å². The van der Waals surface area contributed by atoms with E-state index in [0.29, 0.717) is 17.5 Å². The molecule has 0 saturated heterocycles. The molecule has 3 aromatic carbocycles. The SMILES string of the molecule is Cc1cc([O])cc(C)c1Cc1cc(C#Cc2ccc([N+](=O)[O-])cc2)c(O)c(C(C)C)c1. The first-order valence-corrected chi connectivity index (χ1v) is 10.0. The molecule has 5 heteroatoms. The Morgan fingerprint density at radius 3 is 2.16 bits per heavy atom. The summed E-state index contributed by atoms with van der Waals surface area (Å²) < 4.78 is 0. The molecule has 0 aliphatic carbocycles. The fourth-order valence-electron chi connectivity index (χ4n) is 3.60. The predicted molar refractivity (Wildman–Crippen MR) is 120 cm³/mol. The van der Waals surface area contributed by atoms with Crippen LogP contribution in [0.4, 0.5) is 5.69 Å². The Morgan fingerprint density at radius 2 is 1.61 bits per heavy atom. The second-order valence-electron chi connectivity index (χ2n) is 8.00. The van der Waals surface area contributed by atoms with E-state index < -0.39 is 4.92 Å². The van der Waals surface area contributed by atoms with E-state index in [1.807, 2.05) is 39.8 Å². The Bertz CT molecular complexity index is 1180. The largest absolute Gasteiger partial charge is 0.506 e. The van der Waals surface area contributed by atoms with Gasteiger partial charge in [0.05, 0.1) is 10.5 Å². The number of phenols is 1. The van der Waals surface area contributed by atoms with Crippen LogP contribution in [0.1, 0.15) is 58.7 Å². The number of nitro benzene ring substituents is 1. The average Bonchev–Trinajstić information content (AvgIpc) is 2.70. The molecule has 1 N–H and O–H groups in total. The number of rotatable bonds is 4. The van der Waals surface area contributed by atoms with Gasteiger partial charge in [-0.1, -0.05) is 31.8 Å². The van der Waals surface area contributed by atoms with Crippen LogP contribution in [0, 0.1) is 35.8 Å². The van der Waals surface area contributed by atoms with Gasteiger partial charge in [-0.2, -0.15) is 0 Å². The number of phenolic OH excluding ortho intramolecular Hbond substituents is 1. The Balaban J connectivity index is 2.02. The van der Waals surface area contributed by atoms with Gasteiger partial charge in [0.25, 0.3) is 5.69 Å². The van der Waals surface area contributed by atoms with Crippen molar-refractivity contribution in [3.63, 3.8) is 0 Å². The summed E-state index contributed by atoms with van der Waals surface area (Å²) in [7, 11) is 0. The zero-order chi connectivity index (χ0) is 22.7. The summed E-state index contributed by atoms with van der Waals surface area (Å²) in [5.41, 5.74) is 5.93. The van der Waals surface area contributed by atoms with Crippen LogP contribution in [-0.2, 0) is 11.5 Å². The molecular formula is C26H24NO4. The van der Waals surface area contributed by atoms with Gasteiger partial charge in [-0.25, -0.2) is 0 Å². The van der Waals surface area contributed by atoms with E-state index in [2.05, 4.69) is 11.8 Å². The maximum atomic E-state index is 11.7. The molecule has 0 atom stereocenters. The van der Waals surface area contributed by atoms with Crippen molar-refractivity contribution in [3.05, 3.63) is 97.6 Å². The van der Waals surface area contributed by atoms with Gasteiger partial charge in [-0.15, -0.1) is 0 Å². The molecule has 3 aromatic rings. The van der Waals surface area contributed by atoms with Crippen molar-refractivity contribution >= 4 is 5.69 Å². The maximum Gasteiger partial charge on any atom is 0.269 e. The summed E-state index contributed by atoms with van der Waals surface area (Å²) in [5, 5.41) is 33.3. The number of non-ortho nitro benzene ring substituents is 1. The van der Waals surface area contributed by atoms with E-state index in [0.717, 1.165) is 27.8 Å². The molecule has 5 nitrogen and oxygen atoms in total. The van der Waals surface area contributed by atoms with Gasteiger partial charge in [0, 0.05) is 17.7 Å². The van der Waals surface area contributed by atoms with E-state index in [1.54, 1.807) is 24.3 Å². The maximum absolute atomic E-state index is 11.7. The lowest BCUT2D eigenvalue weighted by Gasteiger charge is -2.15. The molecular weight excluding hydrogens is 390 g/mol. The van der Waals surface area contributed by atoms with Gasteiger partial charge >= 0.3 is 0 Å². The van der Waals surface area contributed by atoms with E-state index in [-0.39, 0.29) is 23.1 Å². The van der Waals surface area contributed by atoms with E-state index >= 15 is 0 Å². The zero-order valence-electron chi connectivity index (χ0n) is 18.0. The van der Waals surface area contributed by atoms with Crippen LogP contribution in [0.15, 0.2) is 48.5 Å². The molecule has 3 rings (SSSR count). The van der Waals surface area contributed by atoms with Crippen molar-refractivity contribution in [2.45, 2.75) is 40.0 Å². The lowest BCUT2D eigenvalue weighted by molar-refractivity contribution is -0.384. The number of nitrogens with zero attached hydrogens (tertiary/aromatic N) is 1. The number of aromatic hydroxyl groups is 1. The molecule has 0 amide bonds. The van der Waals surface area contributed by atoms with E-state index in [4.69, 9.17) is 0 Å². The lowest BCUT2D eigenvalue weighted by Crippen LogP contribution is -1.99. The first kappa shape index (κ1) is 21.9. The van der Waals surface area contributed by atoms with Gasteiger partial charge in [0.1, 0.15) is 5.75 Å². The third kappa shape index (κ3) is 5.04. The van der Waals surface area contributed by atoms with E-state index in [9.17, 15) is 20.3 Å². The smallest absolute Gasteiger partial charge is 0.269 e. The van der Waals surface area contributed by atoms with Gasteiger partial charge in [-0.05, 0) is 84.3 Å². The molecule has 0 aliphatic heterocycles. The highest BCUT2D eigenvalue weighted by Gasteiger charge is 2.14. The van der Waals surface area contributed by atoms with Gasteiger partial charge in [0.15, 0.2) is 5.75 Å². The van der Waals surface area contributed by atoms with Crippen LogP contribution in [-0.4, -0.2) is 10.0 Å². The second kappa shape index (κ2) is 8.93. The zero-order valence-corrected chi connectivity index (χ0v) is 18.0. The number of hydrogen-bond donors (Lipinski definition) is 1. The molecule has 0 aliphatic rings. The van der Waals surface area contributed by atoms with Crippen molar-refractivity contribution in [1.82, 2.24) is 0 Å². The summed E-state index contributed by atoms with van der Waals surface area (Å²) in [6.45, 7) is 7.88. The molecule has 0 fully saturated rings. The van der Waals surface area contributed by atoms with Gasteiger partial charge in [-0.3, -0.25) is 15.2 Å². The molecule has 0 heterocycles. The Labute approximate surface area is 182 Å². The highest BCUT2D eigenvalue weighted by Crippen LogP contribution is 2.32. The summed E-state index contributed by atoms with van der Waals surface area (Å²) >= 11 is 0. The third-order valence-corrected chi connectivity index (χ3v) is 5.29. The van der Waals surface area contributed by atoms with Crippen molar-refractivity contribution < 1.29 is 15.1 Å². The summed E-state index contributed by atoms with van der Waals surface area (Å²) in [5.74, 6) is 6.25. The van der Waals surface area contributed by atoms with Crippen LogP contribution in [0.2, 0.25) is 0 Å². The number of benzene rings is 3. The summed E-state index contributed by atoms with van der Waals surface area (Å²) in [6.07, 6.45) is 0.629. The highest BCUT2D eigenvalue weighted by atomic mass is 16.6.